The number of rotatable bonds is 4. The van der Waals surface area contributed by atoms with E-state index in [2.05, 4.69) is 41.3 Å². The first-order valence-electron chi connectivity index (χ1n) is 7.31. The Morgan fingerprint density at radius 3 is 2.48 bits per heavy atom. The maximum Gasteiger partial charge on any atom is 0.158 e. The molecular formula is C18H18N4S. The lowest BCUT2D eigenvalue weighted by molar-refractivity contribution is 1.06. The summed E-state index contributed by atoms with van der Waals surface area (Å²) in [5.41, 5.74) is 10.2. The standard InChI is InChI=1S/C18H18N4S/c1-12-8-9-14(10-13(12)2)22-17-16(19)18(21-11-20-17)23-15-6-4-3-5-7-15/h3-11H,19H2,1-2H3,(H,20,21,22). The molecule has 3 N–H and O–H groups in total. The summed E-state index contributed by atoms with van der Waals surface area (Å²) in [5, 5.41) is 4.02. The molecule has 0 aliphatic rings. The first-order chi connectivity index (χ1) is 11.1. The summed E-state index contributed by atoms with van der Waals surface area (Å²) in [6, 6.07) is 16.2. The molecule has 0 amide bonds. The van der Waals surface area contributed by atoms with E-state index in [0.717, 1.165) is 15.6 Å². The Balaban J connectivity index is 1.86. The third-order valence-electron chi connectivity index (χ3n) is 3.57. The number of hydrogen-bond acceptors (Lipinski definition) is 5. The largest absolute Gasteiger partial charge is 0.394 e. The van der Waals surface area contributed by atoms with Gasteiger partial charge in [0.15, 0.2) is 5.82 Å². The summed E-state index contributed by atoms with van der Waals surface area (Å²) in [6.45, 7) is 4.17. The normalized spacial score (nSPS) is 10.5. The maximum atomic E-state index is 6.24. The number of anilines is 3. The van der Waals surface area contributed by atoms with E-state index < -0.39 is 0 Å². The van der Waals surface area contributed by atoms with Gasteiger partial charge in [0.05, 0.1) is 0 Å². The second kappa shape index (κ2) is 6.71. The first-order valence-corrected chi connectivity index (χ1v) is 8.13. The fourth-order valence-electron chi connectivity index (χ4n) is 2.12. The van der Waals surface area contributed by atoms with Crippen molar-refractivity contribution in [3.8, 4) is 0 Å². The maximum absolute atomic E-state index is 6.24. The number of benzene rings is 2. The second-order valence-electron chi connectivity index (χ2n) is 5.28. The number of hydrogen-bond donors (Lipinski definition) is 2. The number of nitrogens with zero attached hydrogens (tertiary/aromatic N) is 2. The molecule has 0 atom stereocenters. The van der Waals surface area contributed by atoms with Crippen LogP contribution in [0.25, 0.3) is 0 Å². The highest BCUT2D eigenvalue weighted by molar-refractivity contribution is 7.99. The van der Waals surface area contributed by atoms with Gasteiger partial charge in [0.1, 0.15) is 17.0 Å². The molecule has 3 rings (SSSR count). The summed E-state index contributed by atoms with van der Waals surface area (Å²) in [7, 11) is 0. The molecule has 1 heterocycles. The van der Waals surface area contributed by atoms with E-state index in [1.54, 1.807) is 0 Å². The van der Waals surface area contributed by atoms with Gasteiger partial charge in [-0.1, -0.05) is 36.0 Å². The zero-order valence-electron chi connectivity index (χ0n) is 13.1. The van der Waals surface area contributed by atoms with E-state index in [0.29, 0.717) is 11.5 Å². The van der Waals surface area contributed by atoms with Gasteiger partial charge < -0.3 is 11.1 Å². The molecule has 0 aliphatic carbocycles. The van der Waals surface area contributed by atoms with Crippen LogP contribution in [0.4, 0.5) is 17.2 Å². The van der Waals surface area contributed by atoms with Gasteiger partial charge in [-0.15, -0.1) is 0 Å². The molecule has 2 aromatic carbocycles. The van der Waals surface area contributed by atoms with Crippen molar-refractivity contribution in [1.82, 2.24) is 9.97 Å². The highest BCUT2D eigenvalue weighted by Crippen LogP contribution is 2.33. The molecule has 0 bridgehead atoms. The number of nitrogen functional groups attached to an aromatic ring is 1. The average Bonchev–Trinajstić information content (AvgIpc) is 2.56. The molecule has 5 heteroatoms. The summed E-state index contributed by atoms with van der Waals surface area (Å²) in [6.07, 6.45) is 1.53. The third kappa shape index (κ3) is 3.63. The summed E-state index contributed by atoms with van der Waals surface area (Å²) >= 11 is 1.53. The fourth-order valence-corrected chi connectivity index (χ4v) is 2.94. The van der Waals surface area contributed by atoms with Crippen molar-refractivity contribution < 1.29 is 0 Å². The molecule has 1 aromatic heterocycles. The Bertz CT molecular complexity index is 819. The zero-order chi connectivity index (χ0) is 16.2. The highest BCUT2D eigenvalue weighted by atomic mass is 32.2. The Morgan fingerprint density at radius 2 is 1.74 bits per heavy atom. The third-order valence-corrected chi connectivity index (χ3v) is 4.60. The Labute approximate surface area is 140 Å². The van der Waals surface area contributed by atoms with Crippen LogP contribution in [0, 0.1) is 13.8 Å². The zero-order valence-corrected chi connectivity index (χ0v) is 13.9. The van der Waals surface area contributed by atoms with E-state index in [1.807, 2.05) is 36.4 Å². The first kappa shape index (κ1) is 15.4. The van der Waals surface area contributed by atoms with Crippen LogP contribution in [-0.2, 0) is 0 Å². The number of aryl methyl sites for hydroxylation is 2. The van der Waals surface area contributed by atoms with Gasteiger partial charge in [-0.2, -0.15) is 0 Å². The average molecular weight is 322 g/mol. The number of nitrogens with one attached hydrogen (secondary N) is 1. The molecular weight excluding hydrogens is 304 g/mol. The lowest BCUT2D eigenvalue weighted by atomic mass is 10.1. The van der Waals surface area contributed by atoms with Crippen LogP contribution in [-0.4, -0.2) is 9.97 Å². The monoisotopic (exact) mass is 322 g/mol. The minimum absolute atomic E-state index is 0.555. The van der Waals surface area contributed by atoms with E-state index in [-0.39, 0.29) is 0 Å². The summed E-state index contributed by atoms with van der Waals surface area (Å²) in [4.78, 5) is 9.65. The van der Waals surface area contributed by atoms with Crippen molar-refractivity contribution in [3.05, 3.63) is 66.0 Å². The van der Waals surface area contributed by atoms with Gasteiger partial charge in [-0.25, -0.2) is 9.97 Å². The quantitative estimate of drug-likeness (QED) is 0.689. The molecule has 0 saturated carbocycles. The molecule has 0 aliphatic heterocycles. The SMILES string of the molecule is Cc1ccc(Nc2ncnc(Sc3ccccc3)c2N)cc1C. The van der Waals surface area contributed by atoms with Crippen LogP contribution < -0.4 is 11.1 Å². The molecule has 3 aromatic rings. The van der Waals surface area contributed by atoms with Gasteiger partial charge in [-0.05, 0) is 49.2 Å². The number of nitrogens with two attached hydrogens (primary N) is 1. The van der Waals surface area contributed by atoms with Crippen LogP contribution >= 0.6 is 11.8 Å². The van der Waals surface area contributed by atoms with Crippen LogP contribution in [0.3, 0.4) is 0 Å². The Morgan fingerprint density at radius 1 is 0.957 bits per heavy atom. The van der Waals surface area contributed by atoms with Crippen LogP contribution in [0.15, 0.2) is 64.8 Å². The molecule has 0 unspecified atom stereocenters. The number of aromatic nitrogens is 2. The molecule has 0 saturated heterocycles. The van der Waals surface area contributed by atoms with E-state index in [1.165, 1.54) is 29.2 Å². The Kier molecular flexibility index (Phi) is 4.48. The smallest absolute Gasteiger partial charge is 0.158 e. The second-order valence-corrected chi connectivity index (χ2v) is 6.34. The van der Waals surface area contributed by atoms with Crippen molar-refractivity contribution in [2.24, 2.45) is 0 Å². The highest BCUT2D eigenvalue weighted by Gasteiger charge is 2.10. The molecule has 0 radical (unpaired) electrons. The minimum Gasteiger partial charge on any atom is -0.394 e. The van der Waals surface area contributed by atoms with Crippen molar-refractivity contribution in [3.63, 3.8) is 0 Å². The van der Waals surface area contributed by atoms with E-state index in [9.17, 15) is 0 Å². The van der Waals surface area contributed by atoms with Crippen LogP contribution in [0.2, 0.25) is 0 Å². The van der Waals surface area contributed by atoms with Crippen molar-refractivity contribution in [2.75, 3.05) is 11.1 Å². The van der Waals surface area contributed by atoms with E-state index in [4.69, 9.17) is 5.73 Å². The molecule has 116 valence electrons. The lowest BCUT2D eigenvalue weighted by Crippen LogP contribution is -2.02. The fraction of sp³-hybridized carbons (Fsp3) is 0.111. The Hall–Kier alpha value is -2.53. The predicted molar refractivity (Wildman–Crippen MR) is 96.2 cm³/mol. The van der Waals surface area contributed by atoms with Crippen molar-refractivity contribution in [1.29, 1.82) is 0 Å². The molecule has 0 fully saturated rings. The van der Waals surface area contributed by atoms with Gasteiger partial charge >= 0.3 is 0 Å². The van der Waals surface area contributed by atoms with Crippen LogP contribution in [0.5, 0.6) is 0 Å². The topological polar surface area (TPSA) is 63.8 Å². The lowest BCUT2D eigenvalue weighted by Gasteiger charge is -2.12. The summed E-state index contributed by atoms with van der Waals surface area (Å²) < 4.78 is 0. The molecule has 0 spiro atoms. The molecule has 23 heavy (non-hydrogen) atoms. The van der Waals surface area contributed by atoms with Crippen LogP contribution in [0.1, 0.15) is 11.1 Å². The van der Waals surface area contributed by atoms with E-state index >= 15 is 0 Å². The minimum atomic E-state index is 0.555. The van der Waals surface area contributed by atoms with Gasteiger partial charge in [0, 0.05) is 10.6 Å². The van der Waals surface area contributed by atoms with Crippen molar-refractivity contribution in [2.45, 2.75) is 23.8 Å². The molecule has 4 nitrogen and oxygen atoms in total. The van der Waals surface area contributed by atoms with Gasteiger partial charge in [0.2, 0.25) is 0 Å². The predicted octanol–water partition coefficient (Wildman–Crippen LogP) is 4.57. The van der Waals surface area contributed by atoms with Crippen molar-refractivity contribution >= 4 is 29.0 Å². The van der Waals surface area contributed by atoms with Gasteiger partial charge in [0.25, 0.3) is 0 Å². The van der Waals surface area contributed by atoms with Gasteiger partial charge in [-0.3, -0.25) is 0 Å². The summed E-state index contributed by atoms with van der Waals surface area (Å²) in [5.74, 6) is 0.627.